The van der Waals surface area contributed by atoms with E-state index in [0.29, 0.717) is 16.9 Å². The van der Waals surface area contributed by atoms with E-state index in [1.54, 1.807) is 47.3 Å². The molecule has 0 fully saturated rings. The lowest BCUT2D eigenvalue weighted by Crippen LogP contribution is -2.30. The third kappa shape index (κ3) is 3.68. The summed E-state index contributed by atoms with van der Waals surface area (Å²) in [5.41, 5.74) is 1.91. The van der Waals surface area contributed by atoms with Crippen LogP contribution in [0.4, 0.5) is 0 Å². The van der Waals surface area contributed by atoms with E-state index < -0.39 is 5.91 Å². The largest absolute Gasteiger partial charge is 0.305 e. The van der Waals surface area contributed by atoms with Crippen LogP contribution in [0.2, 0.25) is 0 Å². The number of fused-ring (bicyclic) bond motifs is 2. The summed E-state index contributed by atoms with van der Waals surface area (Å²) >= 11 is 0. The zero-order valence-electron chi connectivity index (χ0n) is 17.3. The van der Waals surface area contributed by atoms with E-state index in [1.807, 2.05) is 30.3 Å². The van der Waals surface area contributed by atoms with Crippen LogP contribution in [0.1, 0.15) is 21.5 Å². The molecule has 0 spiro atoms. The molecule has 0 atom stereocenters. The summed E-state index contributed by atoms with van der Waals surface area (Å²) in [6.45, 7) is 0.265. The molecule has 0 aliphatic rings. The fraction of sp³-hybridized carbons (Fsp3) is 0.0400. The molecule has 0 radical (unpaired) electrons. The first-order valence-electron chi connectivity index (χ1n) is 10.1. The van der Waals surface area contributed by atoms with Crippen LogP contribution in [-0.4, -0.2) is 24.8 Å². The second-order valence-corrected chi connectivity index (χ2v) is 7.31. The van der Waals surface area contributed by atoms with Crippen LogP contribution in [0.5, 0.6) is 0 Å². The standard InChI is InChI=1S/C25H16N6O2/c26-14-19-13-20-23(28-21-10-4-5-12-30(21)25(20)33)31(16-17-7-2-1-3-8-17)22(19)29-24(32)18-9-6-11-27-15-18/h1-13,15H,16H2. The molecule has 0 unspecified atom stereocenters. The molecule has 4 aromatic heterocycles. The molecular formula is C25H16N6O2. The number of nitriles is 1. The minimum atomic E-state index is -0.543. The molecular weight excluding hydrogens is 416 g/mol. The van der Waals surface area contributed by atoms with Gasteiger partial charge in [-0.2, -0.15) is 10.3 Å². The summed E-state index contributed by atoms with van der Waals surface area (Å²) in [5, 5.41) is 10.1. The lowest BCUT2D eigenvalue weighted by atomic mass is 10.2. The fourth-order valence-electron chi connectivity index (χ4n) is 3.65. The number of nitrogens with zero attached hydrogens (tertiary/aromatic N) is 6. The van der Waals surface area contributed by atoms with Crippen molar-refractivity contribution in [2.24, 2.45) is 4.99 Å². The predicted octanol–water partition coefficient (Wildman–Crippen LogP) is 2.71. The van der Waals surface area contributed by atoms with Gasteiger partial charge in [-0.3, -0.25) is 19.0 Å². The highest BCUT2D eigenvalue weighted by Crippen LogP contribution is 2.12. The number of hydrogen-bond donors (Lipinski definition) is 0. The normalized spacial score (nSPS) is 11.5. The molecule has 5 aromatic rings. The molecule has 33 heavy (non-hydrogen) atoms. The maximum atomic E-state index is 13.2. The quantitative estimate of drug-likeness (QED) is 0.408. The first-order chi connectivity index (χ1) is 16.2. The molecule has 1 amide bonds. The van der Waals surface area contributed by atoms with Crippen LogP contribution >= 0.6 is 0 Å². The maximum absolute atomic E-state index is 13.2. The maximum Gasteiger partial charge on any atom is 0.280 e. The van der Waals surface area contributed by atoms with Gasteiger partial charge in [0.1, 0.15) is 17.4 Å². The first-order valence-corrected chi connectivity index (χ1v) is 10.1. The van der Waals surface area contributed by atoms with Crippen molar-refractivity contribution < 1.29 is 4.79 Å². The van der Waals surface area contributed by atoms with E-state index in [1.165, 1.54) is 16.7 Å². The van der Waals surface area contributed by atoms with Crippen LogP contribution in [0.25, 0.3) is 16.7 Å². The van der Waals surface area contributed by atoms with Gasteiger partial charge in [0.2, 0.25) is 0 Å². The molecule has 0 saturated heterocycles. The van der Waals surface area contributed by atoms with Crippen LogP contribution < -0.4 is 11.0 Å². The second kappa shape index (κ2) is 8.32. The summed E-state index contributed by atoms with van der Waals surface area (Å²) in [6.07, 6.45) is 4.60. The molecule has 158 valence electrons. The molecule has 4 heterocycles. The summed E-state index contributed by atoms with van der Waals surface area (Å²) < 4.78 is 3.07. The predicted molar refractivity (Wildman–Crippen MR) is 121 cm³/mol. The highest BCUT2D eigenvalue weighted by Gasteiger charge is 2.16. The van der Waals surface area contributed by atoms with Gasteiger partial charge in [-0.05, 0) is 35.9 Å². The highest BCUT2D eigenvalue weighted by molar-refractivity contribution is 5.94. The van der Waals surface area contributed by atoms with E-state index in [0.717, 1.165) is 5.56 Å². The van der Waals surface area contributed by atoms with Crippen LogP contribution in [-0.2, 0) is 6.54 Å². The average Bonchev–Trinajstić information content (AvgIpc) is 2.87. The number of amides is 1. The number of pyridine rings is 3. The summed E-state index contributed by atoms with van der Waals surface area (Å²) in [5.74, 6) is -0.543. The number of carbonyl (C=O) groups excluding carboxylic acids is 1. The zero-order chi connectivity index (χ0) is 22.8. The monoisotopic (exact) mass is 432 g/mol. The van der Waals surface area contributed by atoms with Gasteiger partial charge in [0, 0.05) is 18.6 Å². The lowest BCUT2D eigenvalue weighted by molar-refractivity contribution is 0.0997. The van der Waals surface area contributed by atoms with Crippen LogP contribution in [0.15, 0.2) is 95.1 Å². The van der Waals surface area contributed by atoms with E-state index in [4.69, 9.17) is 0 Å². The van der Waals surface area contributed by atoms with Gasteiger partial charge in [-0.1, -0.05) is 36.4 Å². The Morgan fingerprint density at radius 1 is 1.06 bits per heavy atom. The summed E-state index contributed by atoms with van der Waals surface area (Å²) in [7, 11) is 0. The average molecular weight is 432 g/mol. The Morgan fingerprint density at radius 2 is 1.88 bits per heavy atom. The molecule has 8 heteroatoms. The Hall–Kier alpha value is -4.90. The third-order valence-electron chi connectivity index (χ3n) is 5.21. The Morgan fingerprint density at radius 3 is 2.64 bits per heavy atom. The van der Waals surface area contributed by atoms with E-state index in [-0.39, 0.29) is 28.5 Å². The van der Waals surface area contributed by atoms with Gasteiger partial charge >= 0.3 is 0 Å². The van der Waals surface area contributed by atoms with Crippen molar-refractivity contribution >= 4 is 22.6 Å². The van der Waals surface area contributed by atoms with E-state index in [9.17, 15) is 14.9 Å². The molecule has 0 N–H and O–H groups in total. The molecule has 0 aliphatic carbocycles. The minimum Gasteiger partial charge on any atom is -0.305 e. The van der Waals surface area contributed by atoms with Gasteiger partial charge < -0.3 is 4.57 Å². The van der Waals surface area contributed by atoms with Crippen LogP contribution in [0.3, 0.4) is 0 Å². The highest BCUT2D eigenvalue weighted by atomic mass is 16.1. The van der Waals surface area contributed by atoms with Crippen molar-refractivity contribution in [2.75, 3.05) is 0 Å². The van der Waals surface area contributed by atoms with Crippen molar-refractivity contribution in [1.29, 1.82) is 5.26 Å². The first kappa shape index (κ1) is 20.0. The van der Waals surface area contributed by atoms with Crippen molar-refractivity contribution in [3.05, 3.63) is 118 Å². The number of carbonyl (C=O) groups is 1. The molecule has 0 bridgehead atoms. The number of hydrogen-bond acceptors (Lipinski definition) is 5. The van der Waals surface area contributed by atoms with Crippen molar-refractivity contribution in [3.8, 4) is 6.07 Å². The number of benzene rings is 1. The van der Waals surface area contributed by atoms with Crippen molar-refractivity contribution in [3.63, 3.8) is 0 Å². The Balaban J connectivity index is 1.88. The lowest BCUT2D eigenvalue weighted by Gasteiger charge is -2.13. The van der Waals surface area contributed by atoms with E-state index in [2.05, 4.69) is 21.0 Å². The van der Waals surface area contributed by atoms with Crippen molar-refractivity contribution in [1.82, 2.24) is 18.9 Å². The molecule has 5 rings (SSSR count). The number of aromatic nitrogens is 4. The topological polar surface area (TPSA) is 105 Å². The van der Waals surface area contributed by atoms with E-state index >= 15 is 0 Å². The molecule has 0 saturated carbocycles. The van der Waals surface area contributed by atoms with Gasteiger partial charge in [-0.25, -0.2) is 4.98 Å². The minimum absolute atomic E-state index is 0.102. The van der Waals surface area contributed by atoms with Crippen molar-refractivity contribution in [2.45, 2.75) is 6.54 Å². The summed E-state index contributed by atoms with van der Waals surface area (Å²) in [6, 6.07) is 21.5. The summed E-state index contributed by atoms with van der Waals surface area (Å²) in [4.78, 5) is 39.0. The third-order valence-corrected chi connectivity index (χ3v) is 5.21. The fourth-order valence-corrected chi connectivity index (χ4v) is 3.65. The van der Waals surface area contributed by atoms with Gasteiger partial charge in [0.15, 0.2) is 5.49 Å². The zero-order valence-corrected chi connectivity index (χ0v) is 17.3. The Kier molecular flexibility index (Phi) is 5.05. The Labute approximate surface area is 187 Å². The second-order valence-electron chi connectivity index (χ2n) is 7.31. The smallest absolute Gasteiger partial charge is 0.280 e. The SMILES string of the molecule is N#Cc1cc2c(=O)n3ccccc3nc2n(Cc2ccccc2)c1=NC(=O)c1cccnc1. The van der Waals surface area contributed by atoms with Crippen LogP contribution in [0, 0.1) is 11.3 Å². The molecule has 8 nitrogen and oxygen atoms in total. The Bertz CT molecular complexity index is 1680. The van der Waals surface area contributed by atoms with Gasteiger partial charge in [0.05, 0.1) is 23.1 Å². The number of rotatable bonds is 3. The van der Waals surface area contributed by atoms with Gasteiger partial charge in [-0.15, -0.1) is 0 Å². The molecule has 1 aromatic carbocycles. The molecule has 0 aliphatic heterocycles. The van der Waals surface area contributed by atoms with Gasteiger partial charge in [0.25, 0.3) is 11.5 Å².